The second kappa shape index (κ2) is 6.94. The minimum atomic E-state index is 0.931. The molecule has 1 heteroatoms. The van der Waals surface area contributed by atoms with Crippen LogP contribution in [0.1, 0.15) is 0 Å². The Morgan fingerprint density at radius 1 is 0.371 bits per heavy atom. The van der Waals surface area contributed by atoms with E-state index in [-0.39, 0.29) is 0 Å². The van der Waals surface area contributed by atoms with Crippen LogP contribution in [-0.2, 0) is 0 Å². The van der Waals surface area contributed by atoms with Gasteiger partial charge in [0.05, 0.1) is 0 Å². The molecule has 0 aliphatic heterocycles. The minimum absolute atomic E-state index is 0.931. The van der Waals surface area contributed by atoms with Crippen LogP contribution in [0.25, 0.3) is 76.5 Å². The number of para-hydroxylation sites is 1. The van der Waals surface area contributed by atoms with Crippen LogP contribution in [0.2, 0.25) is 0 Å². The zero-order chi connectivity index (χ0) is 22.9. The lowest BCUT2D eigenvalue weighted by atomic mass is 9.87. The highest BCUT2D eigenvalue weighted by atomic mass is 16.3. The van der Waals surface area contributed by atoms with E-state index in [1.165, 1.54) is 54.6 Å². The van der Waals surface area contributed by atoms with Crippen molar-refractivity contribution in [3.63, 3.8) is 0 Å². The van der Waals surface area contributed by atoms with E-state index in [4.69, 9.17) is 4.42 Å². The van der Waals surface area contributed by atoms with E-state index in [0.717, 1.165) is 21.9 Å². The molecule has 8 rings (SSSR count). The predicted molar refractivity (Wildman–Crippen MR) is 148 cm³/mol. The summed E-state index contributed by atoms with van der Waals surface area (Å²) in [6.07, 6.45) is 0. The molecule has 1 heterocycles. The first kappa shape index (κ1) is 18.8. The maximum absolute atomic E-state index is 6.08. The Labute approximate surface area is 202 Å². The lowest BCUT2D eigenvalue weighted by Crippen LogP contribution is -1.89. The van der Waals surface area contributed by atoms with Crippen molar-refractivity contribution in [2.75, 3.05) is 0 Å². The van der Waals surface area contributed by atoms with Crippen LogP contribution < -0.4 is 0 Å². The monoisotopic (exact) mass is 444 g/mol. The molecule has 0 radical (unpaired) electrons. The van der Waals surface area contributed by atoms with Crippen LogP contribution in [0, 0.1) is 0 Å². The van der Waals surface area contributed by atoms with Crippen molar-refractivity contribution in [1.29, 1.82) is 0 Å². The molecule has 0 aliphatic carbocycles. The van der Waals surface area contributed by atoms with Crippen LogP contribution in [0.15, 0.2) is 126 Å². The van der Waals surface area contributed by atoms with E-state index in [1.807, 2.05) is 12.1 Å². The molecule has 0 saturated heterocycles. The van der Waals surface area contributed by atoms with Gasteiger partial charge in [0.1, 0.15) is 11.2 Å². The Morgan fingerprint density at radius 3 is 1.71 bits per heavy atom. The fourth-order valence-electron chi connectivity index (χ4n) is 5.82. The molecular formula is C34H20O. The lowest BCUT2D eigenvalue weighted by Gasteiger charge is -2.16. The average Bonchev–Trinajstić information content (AvgIpc) is 3.30. The lowest BCUT2D eigenvalue weighted by molar-refractivity contribution is 0.669. The molecule has 0 saturated carbocycles. The van der Waals surface area contributed by atoms with E-state index in [9.17, 15) is 0 Å². The Morgan fingerprint density at radius 2 is 0.971 bits per heavy atom. The first-order valence-electron chi connectivity index (χ1n) is 12.0. The van der Waals surface area contributed by atoms with E-state index in [1.54, 1.807) is 0 Å². The molecule has 1 aromatic heterocycles. The summed E-state index contributed by atoms with van der Waals surface area (Å²) in [4.78, 5) is 0. The van der Waals surface area contributed by atoms with Gasteiger partial charge in [-0.05, 0) is 72.8 Å². The van der Waals surface area contributed by atoms with Gasteiger partial charge in [-0.15, -0.1) is 0 Å². The summed E-state index contributed by atoms with van der Waals surface area (Å²) in [5.74, 6) is 0. The molecule has 8 aromatic rings. The Balaban J connectivity index is 1.44. The van der Waals surface area contributed by atoms with Crippen LogP contribution in [0.4, 0.5) is 0 Å². The number of rotatable bonds is 2. The quantitative estimate of drug-likeness (QED) is 0.242. The summed E-state index contributed by atoms with van der Waals surface area (Å²) in [7, 11) is 0. The van der Waals surface area contributed by atoms with E-state index >= 15 is 0 Å². The van der Waals surface area contributed by atoms with Gasteiger partial charge in [-0.2, -0.15) is 0 Å². The van der Waals surface area contributed by atoms with Crippen molar-refractivity contribution in [1.82, 2.24) is 0 Å². The van der Waals surface area contributed by atoms with Crippen molar-refractivity contribution in [2.45, 2.75) is 0 Å². The highest BCUT2D eigenvalue weighted by Gasteiger charge is 2.15. The topological polar surface area (TPSA) is 13.1 Å². The second-order valence-corrected chi connectivity index (χ2v) is 9.32. The summed E-state index contributed by atoms with van der Waals surface area (Å²) in [5.41, 5.74) is 6.87. The third-order valence-corrected chi connectivity index (χ3v) is 7.44. The van der Waals surface area contributed by atoms with Gasteiger partial charge in [0, 0.05) is 10.8 Å². The fraction of sp³-hybridized carbons (Fsp3) is 0. The van der Waals surface area contributed by atoms with Gasteiger partial charge in [0.15, 0.2) is 0 Å². The zero-order valence-electron chi connectivity index (χ0n) is 19.0. The van der Waals surface area contributed by atoms with Gasteiger partial charge >= 0.3 is 0 Å². The molecule has 0 amide bonds. The summed E-state index contributed by atoms with van der Waals surface area (Å²) < 4.78 is 6.08. The summed E-state index contributed by atoms with van der Waals surface area (Å²) in [6.45, 7) is 0. The molecule has 0 N–H and O–H groups in total. The average molecular weight is 445 g/mol. The van der Waals surface area contributed by atoms with Gasteiger partial charge in [-0.3, -0.25) is 0 Å². The van der Waals surface area contributed by atoms with Crippen molar-refractivity contribution in [3.8, 4) is 22.3 Å². The molecule has 162 valence electrons. The van der Waals surface area contributed by atoms with Gasteiger partial charge in [-0.1, -0.05) is 103 Å². The van der Waals surface area contributed by atoms with Crippen molar-refractivity contribution in [2.24, 2.45) is 0 Å². The van der Waals surface area contributed by atoms with E-state index in [0.29, 0.717) is 0 Å². The molecule has 35 heavy (non-hydrogen) atoms. The molecule has 7 aromatic carbocycles. The second-order valence-electron chi connectivity index (χ2n) is 9.32. The van der Waals surface area contributed by atoms with Crippen molar-refractivity contribution >= 4 is 54.3 Å². The third kappa shape index (κ3) is 2.64. The summed E-state index contributed by atoms with van der Waals surface area (Å²) in [6, 6.07) is 43.7. The standard InChI is InChI=1S/C34H20O/c1-2-6-21(7-3-1)25-15-10-22-13-18-29-26(16-11-23-12-17-28(25)33(22)34(23)29)24-14-19-32-30(20-24)27-8-4-5-9-31(27)35-32/h1-20H. The fourth-order valence-corrected chi connectivity index (χ4v) is 5.82. The van der Waals surface area contributed by atoms with Crippen LogP contribution in [0.5, 0.6) is 0 Å². The maximum atomic E-state index is 6.08. The molecule has 0 atom stereocenters. The molecule has 0 fully saturated rings. The predicted octanol–water partition coefficient (Wildman–Crippen LogP) is 9.82. The molecule has 0 aliphatic rings. The SMILES string of the molecule is c1ccc(-c2ccc3ccc4c(-c5ccc6oc7ccccc7c6c5)ccc5ccc2c3c54)cc1. The van der Waals surface area contributed by atoms with Crippen molar-refractivity contribution in [3.05, 3.63) is 121 Å². The van der Waals surface area contributed by atoms with Crippen LogP contribution in [0.3, 0.4) is 0 Å². The van der Waals surface area contributed by atoms with Crippen LogP contribution in [-0.4, -0.2) is 0 Å². The number of benzene rings is 7. The first-order chi connectivity index (χ1) is 17.3. The molecule has 0 spiro atoms. The molecule has 0 unspecified atom stereocenters. The van der Waals surface area contributed by atoms with Crippen LogP contribution >= 0.6 is 0 Å². The van der Waals surface area contributed by atoms with Crippen molar-refractivity contribution < 1.29 is 4.42 Å². The maximum Gasteiger partial charge on any atom is 0.135 e. The third-order valence-electron chi connectivity index (χ3n) is 7.44. The highest BCUT2D eigenvalue weighted by Crippen LogP contribution is 2.43. The Bertz CT molecular complexity index is 2040. The van der Waals surface area contributed by atoms with Gasteiger partial charge < -0.3 is 4.42 Å². The summed E-state index contributed by atoms with van der Waals surface area (Å²) in [5, 5.41) is 10.2. The number of hydrogen-bond donors (Lipinski definition) is 0. The zero-order valence-corrected chi connectivity index (χ0v) is 19.0. The number of furan rings is 1. The first-order valence-corrected chi connectivity index (χ1v) is 12.0. The number of fused-ring (bicyclic) bond motifs is 3. The molecule has 0 bridgehead atoms. The normalized spacial score (nSPS) is 12.0. The minimum Gasteiger partial charge on any atom is -0.456 e. The van der Waals surface area contributed by atoms with Gasteiger partial charge in [0.2, 0.25) is 0 Å². The van der Waals surface area contributed by atoms with Gasteiger partial charge in [-0.25, -0.2) is 0 Å². The Hall–Kier alpha value is -4.62. The highest BCUT2D eigenvalue weighted by molar-refractivity contribution is 6.27. The Kier molecular flexibility index (Phi) is 3.72. The molecular weight excluding hydrogens is 424 g/mol. The largest absolute Gasteiger partial charge is 0.456 e. The van der Waals surface area contributed by atoms with E-state index in [2.05, 4.69) is 109 Å². The summed E-state index contributed by atoms with van der Waals surface area (Å²) >= 11 is 0. The molecule has 1 nitrogen and oxygen atoms in total. The van der Waals surface area contributed by atoms with Gasteiger partial charge in [0.25, 0.3) is 0 Å². The van der Waals surface area contributed by atoms with E-state index < -0.39 is 0 Å². The smallest absolute Gasteiger partial charge is 0.135 e. The number of hydrogen-bond acceptors (Lipinski definition) is 1.